The van der Waals surface area contributed by atoms with Crippen molar-refractivity contribution in [3.63, 3.8) is 0 Å². The van der Waals surface area contributed by atoms with Crippen LogP contribution in [0.1, 0.15) is 32.3 Å². The first-order valence-corrected chi connectivity index (χ1v) is 9.33. The summed E-state index contributed by atoms with van der Waals surface area (Å²) in [7, 11) is 0. The number of allylic oxidation sites excluding steroid dienone is 1. The van der Waals surface area contributed by atoms with Crippen molar-refractivity contribution in [1.82, 2.24) is 4.90 Å². The van der Waals surface area contributed by atoms with Crippen LogP contribution >= 0.6 is 0 Å². The van der Waals surface area contributed by atoms with Gasteiger partial charge < -0.3 is 14.6 Å². The summed E-state index contributed by atoms with van der Waals surface area (Å²) >= 11 is 0. The number of aldehydes is 1. The SMILES string of the molecule is CC(=O)C1=CN2CCC34c5ccccc5N(C(C)=O)C3C(C=O)C1CC24. The molecule has 1 aliphatic carbocycles. The minimum Gasteiger partial charge on any atom is -0.373 e. The Balaban J connectivity index is 1.79. The van der Waals surface area contributed by atoms with Crippen molar-refractivity contribution >= 4 is 23.7 Å². The molecule has 1 amide bonds. The molecule has 0 radical (unpaired) electrons. The summed E-state index contributed by atoms with van der Waals surface area (Å²) in [5.74, 6) is -0.445. The standard InChI is InChI=1S/C21H22N2O3/c1-12(25)15-10-22-8-7-21-17-5-3-4-6-18(17)23(13(2)26)20(21)16(11-24)14(15)9-19(21)22/h3-6,10-11,14,16,19-20H,7-9H2,1-2H3. The van der Waals surface area contributed by atoms with E-state index in [0.717, 1.165) is 36.9 Å². The lowest BCUT2D eigenvalue weighted by Crippen LogP contribution is -2.63. The summed E-state index contributed by atoms with van der Waals surface area (Å²) in [6.07, 6.45) is 4.72. The molecule has 5 atom stereocenters. The molecule has 5 unspecified atom stereocenters. The van der Waals surface area contributed by atoms with Crippen LogP contribution in [0.3, 0.4) is 0 Å². The Kier molecular flexibility index (Phi) is 3.07. The number of carbonyl (C=O) groups is 3. The summed E-state index contributed by atoms with van der Waals surface area (Å²) in [5.41, 5.74) is 2.66. The van der Waals surface area contributed by atoms with E-state index in [2.05, 4.69) is 11.0 Å². The average molecular weight is 350 g/mol. The van der Waals surface area contributed by atoms with Crippen molar-refractivity contribution in [2.24, 2.45) is 11.8 Å². The summed E-state index contributed by atoms with van der Waals surface area (Å²) in [6.45, 7) is 4.02. The lowest BCUT2D eigenvalue weighted by molar-refractivity contribution is -0.120. The van der Waals surface area contributed by atoms with Gasteiger partial charge in [0.25, 0.3) is 0 Å². The van der Waals surface area contributed by atoms with Gasteiger partial charge in [0.15, 0.2) is 5.78 Å². The van der Waals surface area contributed by atoms with E-state index in [0.29, 0.717) is 0 Å². The Morgan fingerprint density at radius 3 is 2.69 bits per heavy atom. The van der Waals surface area contributed by atoms with E-state index in [1.54, 1.807) is 13.8 Å². The van der Waals surface area contributed by atoms with Gasteiger partial charge in [-0.3, -0.25) is 9.59 Å². The fraction of sp³-hybridized carbons (Fsp3) is 0.476. The van der Waals surface area contributed by atoms with Gasteiger partial charge in [-0.05, 0) is 31.4 Å². The quantitative estimate of drug-likeness (QED) is 0.766. The monoisotopic (exact) mass is 350 g/mol. The summed E-state index contributed by atoms with van der Waals surface area (Å²) in [5, 5.41) is 0. The number of benzene rings is 1. The summed E-state index contributed by atoms with van der Waals surface area (Å²) in [4.78, 5) is 41.3. The molecule has 5 rings (SSSR count). The Bertz CT molecular complexity index is 876. The third-order valence-corrected chi connectivity index (χ3v) is 7.16. The molecule has 134 valence electrons. The molecular formula is C21H22N2O3. The Morgan fingerprint density at radius 1 is 1.23 bits per heavy atom. The third-order valence-electron chi connectivity index (χ3n) is 7.16. The highest BCUT2D eigenvalue weighted by Crippen LogP contribution is 2.62. The molecule has 2 bridgehead atoms. The number of para-hydroxylation sites is 1. The molecular weight excluding hydrogens is 328 g/mol. The van der Waals surface area contributed by atoms with Crippen molar-refractivity contribution in [1.29, 1.82) is 0 Å². The zero-order valence-corrected chi connectivity index (χ0v) is 15.0. The highest BCUT2D eigenvalue weighted by molar-refractivity contribution is 5.98. The Morgan fingerprint density at radius 2 is 2.00 bits per heavy atom. The number of amides is 1. The van der Waals surface area contributed by atoms with Gasteiger partial charge in [0.2, 0.25) is 5.91 Å². The molecule has 1 saturated carbocycles. The van der Waals surface area contributed by atoms with Crippen LogP contribution in [0.5, 0.6) is 0 Å². The van der Waals surface area contributed by atoms with Gasteiger partial charge in [-0.1, -0.05) is 18.2 Å². The van der Waals surface area contributed by atoms with Crippen LogP contribution in [0.2, 0.25) is 0 Å². The van der Waals surface area contributed by atoms with Gasteiger partial charge in [-0.15, -0.1) is 0 Å². The first-order valence-electron chi connectivity index (χ1n) is 9.33. The number of anilines is 1. The predicted octanol–water partition coefficient (Wildman–Crippen LogP) is 2.06. The second-order valence-electron chi connectivity index (χ2n) is 8.09. The molecule has 1 aromatic rings. The molecule has 3 heterocycles. The van der Waals surface area contributed by atoms with E-state index in [4.69, 9.17) is 0 Å². The van der Waals surface area contributed by atoms with Crippen LogP contribution in [0.15, 0.2) is 36.0 Å². The maximum atomic E-state index is 12.6. The number of ketones is 1. The van der Waals surface area contributed by atoms with Crippen molar-refractivity contribution in [2.75, 3.05) is 11.4 Å². The normalized spacial score (nSPS) is 36.3. The van der Waals surface area contributed by atoms with Crippen LogP contribution in [-0.4, -0.2) is 41.5 Å². The second-order valence-corrected chi connectivity index (χ2v) is 8.09. The molecule has 0 aromatic heterocycles. The molecule has 1 aromatic carbocycles. The second kappa shape index (κ2) is 5.06. The van der Waals surface area contributed by atoms with Gasteiger partial charge in [-0.2, -0.15) is 0 Å². The van der Waals surface area contributed by atoms with Crippen molar-refractivity contribution in [3.05, 3.63) is 41.6 Å². The molecule has 5 nitrogen and oxygen atoms in total. The fourth-order valence-electron chi connectivity index (χ4n) is 6.34. The topological polar surface area (TPSA) is 57.7 Å². The first-order chi connectivity index (χ1) is 12.5. The molecule has 26 heavy (non-hydrogen) atoms. The van der Waals surface area contributed by atoms with Gasteiger partial charge in [-0.25, -0.2) is 0 Å². The van der Waals surface area contributed by atoms with E-state index in [1.807, 2.05) is 29.3 Å². The first kappa shape index (κ1) is 15.8. The van der Waals surface area contributed by atoms with Crippen LogP contribution in [0.4, 0.5) is 5.69 Å². The largest absolute Gasteiger partial charge is 0.373 e. The summed E-state index contributed by atoms with van der Waals surface area (Å²) < 4.78 is 0. The fourth-order valence-corrected chi connectivity index (χ4v) is 6.34. The van der Waals surface area contributed by atoms with E-state index in [9.17, 15) is 14.4 Å². The maximum absolute atomic E-state index is 12.6. The zero-order valence-electron chi connectivity index (χ0n) is 15.0. The molecule has 5 heteroatoms. The zero-order chi connectivity index (χ0) is 18.2. The summed E-state index contributed by atoms with van der Waals surface area (Å²) in [6, 6.07) is 8.14. The van der Waals surface area contributed by atoms with Crippen LogP contribution < -0.4 is 4.90 Å². The minimum absolute atomic E-state index is 0.0297. The van der Waals surface area contributed by atoms with Crippen LogP contribution in [0.25, 0.3) is 0 Å². The van der Waals surface area contributed by atoms with Gasteiger partial charge in [0.05, 0.1) is 6.04 Å². The van der Waals surface area contributed by atoms with Gasteiger partial charge in [0.1, 0.15) is 6.29 Å². The van der Waals surface area contributed by atoms with Gasteiger partial charge >= 0.3 is 0 Å². The highest BCUT2D eigenvalue weighted by Gasteiger charge is 2.67. The van der Waals surface area contributed by atoms with E-state index in [-0.39, 0.29) is 41.0 Å². The van der Waals surface area contributed by atoms with Gasteiger partial charge in [0, 0.05) is 54.2 Å². The lowest BCUT2D eigenvalue weighted by Gasteiger charge is -2.53. The Hall–Kier alpha value is -2.43. The number of hydrogen-bond acceptors (Lipinski definition) is 4. The molecule has 2 fully saturated rings. The number of nitrogens with zero attached hydrogens (tertiary/aromatic N) is 2. The number of Topliss-reactive ketones (excluding diaryl/α,β-unsaturated/α-hetero) is 1. The van der Waals surface area contributed by atoms with E-state index < -0.39 is 0 Å². The molecule has 3 aliphatic heterocycles. The van der Waals surface area contributed by atoms with Crippen LogP contribution in [0, 0.1) is 11.8 Å². The molecule has 1 spiro atoms. The molecule has 1 saturated heterocycles. The van der Waals surface area contributed by atoms with Crippen molar-refractivity contribution < 1.29 is 14.4 Å². The lowest BCUT2D eigenvalue weighted by atomic mass is 9.56. The Labute approximate surface area is 152 Å². The smallest absolute Gasteiger partial charge is 0.224 e. The average Bonchev–Trinajstić information content (AvgIpc) is 3.15. The molecule has 0 N–H and O–H groups in total. The van der Waals surface area contributed by atoms with E-state index >= 15 is 0 Å². The van der Waals surface area contributed by atoms with Crippen LogP contribution in [-0.2, 0) is 19.8 Å². The van der Waals surface area contributed by atoms with Crippen molar-refractivity contribution in [3.8, 4) is 0 Å². The third kappa shape index (κ3) is 1.64. The van der Waals surface area contributed by atoms with E-state index in [1.165, 1.54) is 5.56 Å². The highest BCUT2D eigenvalue weighted by atomic mass is 16.2. The number of fused-ring (bicyclic) bond motifs is 2. The number of hydrogen-bond donors (Lipinski definition) is 0. The van der Waals surface area contributed by atoms with Crippen molar-refractivity contribution in [2.45, 2.75) is 44.2 Å². The molecule has 4 aliphatic rings. The number of carbonyl (C=O) groups excluding carboxylic acids is 3. The minimum atomic E-state index is -0.349. The number of rotatable bonds is 2. The maximum Gasteiger partial charge on any atom is 0.224 e. The predicted molar refractivity (Wildman–Crippen MR) is 96.6 cm³/mol.